The first-order chi connectivity index (χ1) is 13.4. The van der Waals surface area contributed by atoms with Gasteiger partial charge in [0.1, 0.15) is 11.6 Å². The van der Waals surface area contributed by atoms with Crippen molar-refractivity contribution in [3.05, 3.63) is 70.3 Å². The summed E-state index contributed by atoms with van der Waals surface area (Å²) in [6.07, 6.45) is 1.95. The van der Waals surface area contributed by atoms with E-state index in [1.165, 1.54) is 34.9 Å². The van der Waals surface area contributed by atoms with Crippen molar-refractivity contribution in [1.29, 1.82) is 0 Å². The molecular formula is C24H33F2NO. The smallest absolute Gasteiger partial charge is 0.129 e. The van der Waals surface area contributed by atoms with Gasteiger partial charge in [-0.2, -0.15) is 0 Å². The summed E-state index contributed by atoms with van der Waals surface area (Å²) in [6.45, 7) is 10.8. The molecule has 2 aromatic rings. The van der Waals surface area contributed by atoms with Crippen LogP contribution in [0.1, 0.15) is 55.0 Å². The lowest BCUT2D eigenvalue weighted by Crippen LogP contribution is -2.26. The Morgan fingerprint density at radius 3 is 2.18 bits per heavy atom. The van der Waals surface area contributed by atoms with Crippen molar-refractivity contribution in [1.82, 2.24) is 5.32 Å². The third-order valence-corrected chi connectivity index (χ3v) is 5.04. The summed E-state index contributed by atoms with van der Waals surface area (Å²) in [6, 6.07) is 10.3. The average Bonchev–Trinajstić information content (AvgIpc) is 2.63. The number of halogens is 2. The standard InChI is InChI=1S/C24H33F2NO/c1-17(2)13-14-27-16-23(24-18(3)8-5-9-19(24)4)28-15-7-10-20-21(25)11-6-12-22(20)26/h5-6,8-9,11-12,17,23,27H,7,10,13-16H2,1-4H3. The number of rotatable bonds is 11. The molecule has 0 radical (unpaired) electrons. The summed E-state index contributed by atoms with van der Waals surface area (Å²) < 4.78 is 33.8. The average molecular weight is 390 g/mol. The minimum absolute atomic E-state index is 0.0705. The molecule has 0 spiro atoms. The lowest BCUT2D eigenvalue weighted by molar-refractivity contribution is 0.0500. The molecule has 0 fully saturated rings. The molecule has 1 unspecified atom stereocenters. The molecule has 154 valence electrons. The summed E-state index contributed by atoms with van der Waals surface area (Å²) in [4.78, 5) is 0. The quantitative estimate of drug-likeness (QED) is 0.483. The highest BCUT2D eigenvalue weighted by Crippen LogP contribution is 2.25. The lowest BCUT2D eigenvalue weighted by atomic mass is 9.97. The van der Waals surface area contributed by atoms with E-state index in [0.717, 1.165) is 19.5 Å². The fraction of sp³-hybridized carbons (Fsp3) is 0.500. The van der Waals surface area contributed by atoms with Gasteiger partial charge in [-0.3, -0.25) is 0 Å². The fourth-order valence-corrected chi connectivity index (χ4v) is 3.45. The normalized spacial score (nSPS) is 12.5. The van der Waals surface area contributed by atoms with Crippen LogP contribution in [0.15, 0.2) is 36.4 Å². The number of aryl methyl sites for hydroxylation is 2. The van der Waals surface area contributed by atoms with Crippen molar-refractivity contribution < 1.29 is 13.5 Å². The van der Waals surface area contributed by atoms with Gasteiger partial charge in [-0.15, -0.1) is 0 Å². The molecule has 2 aromatic carbocycles. The molecule has 0 aliphatic rings. The van der Waals surface area contributed by atoms with Gasteiger partial charge in [0.15, 0.2) is 0 Å². The molecule has 0 bridgehead atoms. The van der Waals surface area contributed by atoms with Crippen LogP contribution >= 0.6 is 0 Å². The van der Waals surface area contributed by atoms with Gasteiger partial charge in [-0.05, 0) is 74.4 Å². The lowest BCUT2D eigenvalue weighted by Gasteiger charge is -2.23. The van der Waals surface area contributed by atoms with Crippen molar-refractivity contribution >= 4 is 0 Å². The molecule has 28 heavy (non-hydrogen) atoms. The van der Waals surface area contributed by atoms with Gasteiger partial charge in [-0.25, -0.2) is 8.78 Å². The summed E-state index contributed by atoms with van der Waals surface area (Å²) in [5.74, 6) is -0.314. The predicted octanol–water partition coefficient (Wildman–Crippen LogP) is 5.91. The first-order valence-corrected chi connectivity index (χ1v) is 10.2. The minimum Gasteiger partial charge on any atom is -0.372 e. The van der Waals surface area contributed by atoms with Crippen LogP contribution in [-0.4, -0.2) is 19.7 Å². The van der Waals surface area contributed by atoms with Gasteiger partial charge < -0.3 is 10.1 Å². The molecule has 0 amide bonds. The molecule has 2 rings (SSSR count). The number of nitrogens with one attached hydrogen (secondary N) is 1. The fourth-order valence-electron chi connectivity index (χ4n) is 3.45. The summed E-state index contributed by atoms with van der Waals surface area (Å²) in [7, 11) is 0. The Hall–Kier alpha value is -1.78. The zero-order valence-electron chi connectivity index (χ0n) is 17.5. The van der Waals surface area contributed by atoms with Crippen molar-refractivity contribution in [2.75, 3.05) is 19.7 Å². The highest BCUT2D eigenvalue weighted by molar-refractivity contribution is 5.35. The van der Waals surface area contributed by atoms with Crippen molar-refractivity contribution in [2.24, 2.45) is 5.92 Å². The Labute approximate surface area is 168 Å². The van der Waals surface area contributed by atoms with Crippen LogP contribution in [0.25, 0.3) is 0 Å². The van der Waals surface area contributed by atoms with E-state index in [0.29, 0.717) is 25.4 Å². The molecule has 0 heterocycles. The molecule has 0 aliphatic heterocycles. The van der Waals surface area contributed by atoms with E-state index in [-0.39, 0.29) is 11.7 Å². The maximum absolute atomic E-state index is 13.8. The highest BCUT2D eigenvalue weighted by Gasteiger charge is 2.17. The maximum atomic E-state index is 13.8. The van der Waals surface area contributed by atoms with E-state index in [9.17, 15) is 8.78 Å². The van der Waals surface area contributed by atoms with Gasteiger partial charge in [0, 0.05) is 18.7 Å². The Bertz CT molecular complexity index is 705. The first kappa shape index (κ1) is 22.5. The molecule has 0 aromatic heterocycles. The van der Waals surface area contributed by atoms with Crippen molar-refractivity contribution in [2.45, 2.75) is 53.1 Å². The Kier molecular flexibility index (Phi) is 9.07. The van der Waals surface area contributed by atoms with E-state index in [1.807, 2.05) is 0 Å². The third-order valence-electron chi connectivity index (χ3n) is 5.04. The molecule has 1 atom stereocenters. The van der Waals surface area contributed by atoms with Gasteiger partial charge in [0.2, 0.25) is 0 Å². The largest absolute Gasteiger partial charge is 0.372 e. The van der Waals surface area contributed by atoms with Crippen LogP contribution in [0, 0.1) is 31.4 Å². The van der Waals surface area contributed by atoms with Crippen LogP contribution < -0.4 is 5.32 Å². The summed E-state index contributed by atoms with van der Waals surface area (Å²) in [5, 5.41) is 3.50. The predicted molar refractivity (Wildman–Crippen MR) is 112 cm³/mol. The number of ether oxygens (including phenoxy) is 1. The van der Waals surface area contributed by atoms with E-state index in [2.05, 4.69) is 51.2 Å². The van der Waals surface area contributed by atoms with Crippen molar-refractivity contribution in [3.8, 4) is 0 Å². The van der Waals surface area contributed by atoms with E-state index < -0.39 is 11.6 Å². The minimum atomic E-state index is -0.485. The zero-order valence-corrected chi connectivity index (χ0v) is 17.5. The second-order valence-corrected chi connectivity index (χ2v) is 7.86. The van der Waals surface area contributed by atoms with E-state index in [1.54, 1.807) is 0 Å². The maximum Gasteiger partial charge on any atom is 0.129 e. The van der Waals surface area contributed by atoms with Crippen LogP contribution in [0.4, 0.5) is 8.78 Å². The molecule has 4 heteroatoms. The van der Waals surface area contributed by atoms with Crippen molar-refractivity contribution in [3.63, 3.8) is 0 Å². The molecule has 0 saturated carbocycles. The van der Waals surface area contributed by atoms with Crippen LogP contribution in [0.2, 0.25) is 0 Å². The van der Waals surface area contributed by atoms with Crippen LogP contribution in [0.5, 0.6) is 0 Å². The number of hydrogen-bond donors (Lipinski definition) is 1. The number of hydrogen-bond acceptors (Lipinski definition) is 2. The topological polar surface area (TPSA) is 21.3 Å². The van der Waals surface area contributed by atoms with Gasteiger partial charge in [0.25, 0.3) is 0 Å². The van der Waals surface area contributed by atoms with E-state index >= 15 is 0 Å². The Morgan fingerprint density at radius 2 is 1.57 bits per heavy atom. The van der Waals surface area contributed by atoms with Crippen LogP contribution in [0.3, 0.4) is 0 Å². The van der Waals surface area contributed by atoms with E-state index in [4.69, 9.17) is 4.74 Å². The SMILES string of the molecule is Cc1cccc(C)c1C(CNCCC(C)C)OCCCc1c(F)cccc1F. The number of benzene rings is 2. The molecule has 1 N–H and O–H groups in total. The third kappa shape index (κ3) is 6.68. The first-order valence-electron chi connectivity index (χ1n) is 10.2. The Morgan fingerprint density at radius 1 is 0.964 bits per heavy atom. The molecular weight excluding hydrogens is 356 g/mol. The molecule has 2 nitrogen and oxygen atoms in total. The van der Waals surface area contributed by atoms with Gasteiger partial charge >= 0.3 is 0 Å². The second kappa shape index (κ2) is 11.3. The molecule has 0 saturated heterocycles. The monoisotopic (exact) mass is 389 g/mol. The molecule has 0 aliphatic carbocycles. The highest BCUT2D eigenvalue weighted by atomic mass is 19.1. The summed E-state index contributed by atoms with van der Waals surface area (Å²) in [5.41, 5.74) is 3.76. The second-order valence-electron chi connectivity index (χ2n) is 7.86. The summed E-state index contributed by atoms with van der Waals surface area (Å²) >= 11 is 0. The van der Waals surface area contributed by atoms with Gasteiger partial charge in [0.05, 0.1) is 6.10 Å². The Balaban J connectivity index is 1.97. The zero-order chi connectivity index (χ0) is 20.5. The van der Waals surface area contributed by atoms with Gasteiger partial charge in [-0.1, -0.05) is 38.1 Å². The van der Waals surface area contributed by atoms with Crippen LogP contribution in [-0.2, 0) is 11.2 Å².